The number of halogens is 2. The van der Waals surface area contributed by atoms with Crippen molar-refractivity contribution in [2.45, 2.75) is 31.2 Å². The van der Waals surface area contributed by atoms with Crippen molar-refractivity contribution in [1.82, 2.24) is 4.31 Å². The van der Waals surface area contributed by atoms with Crippen LogP contribution in [-0.2, 0) is 14.8 Å². The molecule has 7 nitrogen and oxygen atoms in total. The minimum absolute atomic E-state index is 0. The van der Waals surface area contributed by atoms with Crippen LogP contribution < -0.4 is 16.2 Å². The Kier molecular flexibility index (Phi) is 9.75. The maximum Gasteiger partial charge on any atom is 0.255 e. The second-order valence-electron chi connectivity index (χ2n) is 5.87. The number of nitrogens with two attached hydrogens (primary N) is 2. The number of primary amides is 1. The Labute approximate surface area is 160 Å². The standard InChI is InChI=1S/C15H24ClN3O4S.ClH/c1-10(2)12(17)6-7-19(3)24(21,22)14-8-11(16)4-5-13(14)23-9-15(18)20;/h4-5,8,10,12H,6-7,9,17H2,1-3H3,(H2,18,20);1H. The summed E-state index contributed by atoms with van der Waals surface area (Å²) in [6.07, 6.45) is 0.519. The van der Waals surface area contributed by atoms with E-state index in [0.717, 1.165) is 0 Å². The summed E-state index contributed by atoms with van der Waals surface area (Å²) in [5, 5.41) is 0.243. The van der Waals surface area contributed by atoms with Gasteiger partial charge < -0.3 is 16.2 Å². The molecule has 1 amide bonds. The van der Waals surface area contributed by atoms with E-state index in [1.807, 2.05) is 13.8 Å². The topological polar surface area (TPSA) is 116 Å². The Morgan fingerprint density at radius 3 is 2.48 bits per heavy atom. The lowest BCUT2D eigenvalue weighted by Gasteiger charge is -2.22. The van der Waals surface area contributed by atoms with Crippen LogP contribution in [0.3, 0.4) is 0 Å². The Bertz CT molecular complexity index is 683. The van der Waals surface area contributed by atoms with Crippen molar-refractivity contribution in [2.75, 3.05) is 20.2 Å². The summed E-state index contributed by atoms with van der Waals surface area (Å²) in [5.41, 5.74) is 11.0. The highest BCUT2D eigenvalue weighted by molar-refractivity contribution is 7.89. The van der Waals surface area contributed by atoms with Gasteiger partial charge in [-0.2, -0.15) is 0 Å². The number of carbonyl (C=O) groups excluding carboxylic acids is 1. The number of ether oxygens (including phenoxy) is 1. The van der Waals surface area contributed by atoms with Crippen LogP contribution in [0, 0.1) is 5.92 Å². The van der Waals surface area contributed by atoms with Crippen molar-refractivity contribution in [3.8, 4) is 5.75 Å². The fraction of sp³-hybridized carbons (Fsp3) is 0.533. The Balaban J connectivity index is 0.00000576. The molecule has 144 valence electrons. The molecule has 1 atom stereocenters. The van der Waals surface area contributed by atoms with Crippen molar-refractivity contribution in [3.05, 3.63) is 23.2 Å². The fourth-order valence-corrected chi connectivity index (χ4v) is 3.48. The first kappa shape index (κ1) is 23.9. The molecule has 0 radical (unpaired) electrons. The van der Waals surface area contributed by atoms with Crippen LogP contribution in [-0.4, -0.2) is 44.9 Å². The molecule has 0 spiro atoms. The molecule has 1 unspecified atom stereocenters. The van der Waals surface area contributed by atoms with E-state index in [9.17, 15) is 13.2 Å². The predicted octanol–water partition coefficient (Wildman–Crippen LogP) is 1.62. The van der Waals surface area contributed by atoms with Crippen LogP contribution in [0.15, 0.2) is 23.1 Å². The summed E-state index contributed by atoms with van der Waals surface area (Å²) >= 11 is 5.91. The van der Waals surface area contributed by atoms with Crippen molar-refractivity contribution in [2.24, 2.45) is 17.4 Å². The van der Waals surface area contributed by atoms with Crippen LogP contribution >= 0.6 is 24.0 Å². The van der Waals surface area contributed by atoms with Crippen LogP contribution in [0.5, 0.6) is 5.75 Å². The first-order valence-corrected chi connectivity index (χ1v) is 9.30. The van der Waals surface area contributed by atoms with Crippen LogP contribution in [0.25, 0.3) is 0 Å². The molecule has 1 aromatic carbocycles. The smallest absolute Gasteiger partial charge is 0.255 e. The molecule has 0 fully saturated rings. The number of sulfonamides is 1. The highest BCUT2D eigenvalue weighted by Gasteiger charge is 2.26. The number of benzene rings is 1. The monoisotopic (exact) mass is 413 g/mol. The molecular formula is C15H25Cl2N3O4S. The molecule has 0 heterocycles. The average Bonchev–Trinajstić information content (AvgIpc) is 2.50. The van der Waals surface area contributed by atoms with Gasteiger partial charge >= 0.3 is 0 Å². The zero-order valence-corrected chi connectivity index (χ0v) is 16.8. The summed E-state index contributed by atoms with van der Waals surface area (Å²) in [6, 6.07) is 4.05. The molecular weight excluding hydrogens is 389 g/mol. The van der Waals surface area contributed by atoms with Gasteiger partial charge in [-0.1, -0.05) is 25.4 Å². The van der Waals surface area contributed by atoms with Crippen molar-refractivity contribution in [1.29, 1.82) is 0 Å². The number of rotatable bonds is 9. The van der Waals surface area contributed by atoms with E-state index >= 15 is 0 Å². The van der Waals surface area contributed by atoms with Crippen molar-refractivity contribution < 1.29 is 17.9 Å². The van der Waals surface area contributed by atoms with Crippen LogP contribution in [0.2, 0.25) is 5.02 Å². The predicted molar refractivity (Wildman–Crippen MR) is 101 cm³/mol. The Hall–Kier alpha value is -1.06. The van der Waals surface area contributed by atoms with Crippen molar-refractivity contribution >= 4 is 39.9 Å². The number of amides is 1. The third-order valence-corrected chi connectivity index (χ3v) is 5.71. The van der Waals surface area contributed by atoms with E-state index < -0.39 is 22.5 Å². The van der Waals surface area contributed by atoms with Gasteiger partial charge in [0.05, 0.1) is 0 Å². The molecule has 1 aromatic rings. The molecule has 0 aromatic heterocycles. The summed E-state index contributed by atoms with van der Waals surface area (Å²) in [5.74, 6) is -0.426. The van der Waals surface area contributed by atoms with Gasteiger partial charge in [0, 0.05) is 24.7 Å². The second-order valence-corrected chi connectivity index (χ2v) is 8.32. The van der Waals surface area contributed by atoms with Gasteiger partial charge in [-0.05, 0) is 30.5 Å². The zero-order chi connectivity index (χ0) is 18.5. The molecule has 10 heteroatoms. The second kappa shape index (κ2) is 10.2. The minimum Gasteiger partial charge on any atom is -0.482 e. The molecule has 0 aliphatic heterocycles. The maximum atomic E-state index is 12.8. The minimum atomic E-state index is -3.85. The normalized spacial score (nSPS) is 12.8. The number of hydrogen-bond donors (Lipinski definition) is 2. The largest absolute Gasteiger partial charge is 0.482 e. The first-order chi connectivity index (χ1) is 11.1. The molecule has 0 aliphatic carbocycles. The van der Waals surface area contributed by atoms with Gasteiger partial charge in [0.2, 0.25) is 10.0 Å². The van der Waals surface area contributed by atoms with E-state index in [1.165, 1.54) is 29.6 Å². The molecule has 0 bridgehead atoms. The average molecular weight is 414 g/mol. The summed E-state index contributed by atoms with van der Waals surface area (Å²) in [6.45, 7) is 3.79. The van der Waals surface area contributed by atoms with Crippen LogP contribution in [0.4, 0.5) is 0 Å². The lowest BCUT2D eigenvalue weighted by Crippen LogP contribution is -2.35. The Morgan fingerprint density at radius 1 is 1.36 bits per heavy atom. The lowest BCUT2D eigenvalue weighted by atomic mass is 10.0. The van der Waals surface area contributed by atoms with E-state index in [2.05, 4.69) is 0 Å². The zero-order valence-electron chi connectivity index (χ0n) is 14.4. The van der Waals surface area contributed by atoms with Gasteiger partial charge in [0.25, 0.3) is 5.91 Å². The summed E-state index contributed by atoms with van der Waals surface area (Å²) < 4.78 is 31.9. The molecule has 0 saturated carbocycles. The Morgan fingerprint density at radius 2 is 1.96 bits per heavy atom. The maximum absolute atomic E-state index is 12.8. The van der Waals surface area contributed by atoms with Crippen LogP contribution in [0.1, 0.15) is 20.3 Å². The third kappa shape index (κ3) is 6.99. The SMILES string of the molecule is CC(C)C(N)CCN(C)S(=O)(=O)c1cc(Cl)ccc1OCC(N)=O.Cl. The fourth-order valence-electron chi connectivity index (χ4n) is 1.90. The molecule has 0 aliphatic rings. The highest BCUT2D eigenvalue weighted by Crippen LogP contribution is 2.29. The van der Waals surface area contributed by atoms with Gasteiger partial charge in [-0.25, -0.2) is 12.7 Å². The van der Waals surface area contributed by atoms with E-state index in [4.69, 9.17) is 27.8 Å². The lowest BCUT2D eigenvalue weighted by molar-refractivity contribution is -0.120. The summed E-state index contributed by atoms with van der Waals surface area (Å²) in [4.78, 5) is 10.8. The summed E-state index contributed by atoms with van der Waals surface area (Å²) in [7, 11) is -2.39. The first-order valence-electron chi connectivity index (χ1n) is 7.48. The number of carbonyl (C=O) groups is 1. The third-order valence-electron chi connectivity index (χ3n) is 3.60. The quantitative estimate of drug-likeness (QED) is 0.637. The van der Waals surface area contributed by atoms with Gasteiger partial charge in [-0.15, -0.1) is 12.4 Å². The van der Waals surface area contributed by atoms with E-state index in [0.29, 0.717) is 6.42 Å². The number of nitrogens with zero attached hydrogens (tertiary/aromatic N) is 1. The van der Waals surface area contributed by atoms with E-state index in [1.54, 1.807) is 0 Å². The molecule has 0 saturated heterocycles. The molecule has 25 heavy (non-hydrogen) atoms. The van der Waals surface area contributed by atoms with Crippen molar-refractivity contribution in [3.63, 3.8) is 0 Å². The molecule has 1 rings (SSSR count). The van der Waals surface area contributed by atoms with Gasteiger partial charge in [0.1, 0.15) is 10.6 Å². The highest BCUT2D eigenvalue weighted by atomic mass is 35.5. The van der Waals surface area contributed by atoms with Gasteiger partial charge in [-0.3, -0.25) is 4.79 Å². The van der Waals surface area contributed by atoms with E-state index in [-0.39, 0.29) is 46.6 Å². The number of hydrogen-bond acceptors (Lipinski definition) is 5. The molecule has 4 N–H and O–H groups in total. The van der Waals surface area contributed by atoms with Gasteiger partial charge in [0.15, 0.2) is 6.61 Å².